The Morgan fingerprint density at radius 3 is 2.69 bits per heavy atom. The van der Waals surface area contributed by atoms with Gasteiger partial charge in [-0.1, -0.05) is 0 Å². The van der Waals surface area contributed by atoms with Gasteiger partial charge in [0.15, 0.2) is 5.43 Å². The van der Waals surface area contributed by atoms with Gasteiger partial charge in [0.2, 0.25) is 0 Å². The van der Waals surface area contributed by atoms with Crippen molar-refractivity contribution in [2.24, 2.45) is 0 Å². The van der Waals surface area contributed by atoms with Crippen molar-refractivity contribution in [3.63, 3.8) is 0 Å². The van der Waals surface area contributed by atoms with E-state index in [9.17, 15) is 14.4 Å². The molecule has 1 aliphatic carbocycles. The molecule has 0 saturated heterocycles. The van der Waals surface area contributed by atoms with E-state index in [1.807, 2.05) is 0 Å². The van der Waals surface area contributed by atoms with Gasteiger partial charge in [0.05, 0.1) is 16.3 Å². The summed E-state index contributed by atoms with van der Waals surface area (Å²) in [6.07, 6.45) is 4.71. The summed E-state index contributed by atoms with van der Waals surface area (Å²) >= 11 is 0. The molecular weight excluding hydrogens is 334 g/mol. The number of nitrogen functional groups attached to an aromatic ring is 1. The molecule has 1 spiro atoms. The molecule has 0 aromatic carbocycles. The fraction of sp³-hybridized carbons (Fsp3) is 0.333. The van der Waals surface area contributed by atoms with E-state index in [-0.39, 0.29) is 39.3 Å². The van der Waals surface area contributed by atoms with Gasteiger partial charge >= 0.3 is 0 Å². The lowest BCUT2D eigenvalue weighted by Gasteiger charge is -2.26. The van der Waals surface area contributed by atoms with Crippen molar-refractivity contribution < 1.29 is 4.79 Å². The number of fused-ring (bicyclic) bond motifs is 4. The summed E-state index contributed by atoms with van der Waals surface area (Å²) in [6, 6.07) is 1.54. The summed E-state index contributed by atoms with van der Waals surface area (Å²) < 4.78 is 1.56. The molecule has 1 fully saturated rings. The zero-order chi connectivity index (χ0) is 18.2. The molecule has 0 unspecified atom stereocenters. The highest BCUT2D eigenvalue weighted by molar-refractivity contribution is 6.03. The lowest BCUT2D eigenvalue weighted by atomic mass is 10.0. The first-order chi connectivity index (χ1) is 12.4. The molecular formula is C18H17N5O3. The van der Waals surface area contributed by atoms with Crippen molar-refractivity contribution >= 4 is 33.5 Å². The molecule has 8 heteroatoms. The monoisotopic (exact) mass is 351 g/mol. The van der Waals surface area contributed by atoms with Crippen LogP contribution in [0.15, 0.2) is 21.9 Å². The van der Waals surface area contributed by atoms with E-state index in [4.69, 9.17) is 5.73 Å². The van der Waals surface area contributed by atoms with Gasteiger partial charge in [0.25, 0.3) is 11.5 Å². The smallest absolute Gasteiger partial charge is 0.277 e. The Morgan fingerprint density at radius 1 is 1.23 bits per heavy atom. The van der Waals surface area contributed by atoms with Crippen LogP contribution in [0.3, 0.4) is 0 Å². The zero-order valence-corrected chi connectivity index (χ0v) is 14.2. The lowest BCUT2D eigenvalue weighted by molar-refractivity contribution is 0.0920. The quantitative estimate of drug-likeness (QED) is 0.523. The molecule has 1 amide bonds. The number of aryl methyl sites for hydroxylation is 1. The summed E-state index contributed by atoms with van der Waals surface area (Å²) in [7, 11) is 0. The number of pyridine rings is 3. The Labute approximate surface area is 147 Å². The van der Waals surface area contributed by atoms with E-state index >= 15 is 0 Å². The van der Waals surface area contributed by atoms with Crippen LogP contribution in [0.5, 0.6) is 0 Å². The van der Waals surface area contributed by atoms with Crippen LogP contribution in [0.25, 0.3) is 21.8 Å². The highest BCUT2D eigenvalue weighted by Gasteiger charge is 2.46. The Balaban J connectivity index is 2.01. The van der Waals surface area contributed by atoms with E-state index in [1.54, 1.807) is 11.5 Å². The number of H-pyrrole nitrogens is 1. The molecule has 3 aromatic heterocycles. The van der Waals surface area contributed by atoms with Gasteiger partial charge in [-0.05, 0) is 38.2 Å². The number of hydrogen-bond donors (Lipinski definition) is 3. The number of nitrogens with zero attached hydrogens (tertiary/aromatic N) is 2. The Hall–Kier alpha value is -3.16. The van der Waals surface area contributed by atoms with Crippen LogP contribution in [0.2, 0.25) is 0 Å². The van der Waals surface area contributed by atoms with E-state index in [0.29, 0.717) is 29.3 Å². The third-order valence-electron chi connectivity index (χ3n) is 5.70. The molecule has 0 radical (unpaired) electrons. The fourth-order valence-corrected chi connectivity index (χ4v) is 4.53. The molecule has 4 heterocycles. The summed E-state index contributed by atoms with van der Waals surface area (Å²) in [5.74, 6) is -0.0343. The molecule has 4 N–H and O–H groups in total. The highest BCUT2D eigenvalue weighted by atomic mass is 16.2. The molecule has 0 atom stereocenters. The molecule has 26 heavy (non-hydrogen) atoms. The number of rotatable bonds is 0. The number of nitrogens with two attached hydrogens (primary N) is 1. The van der Waals surface area contributed by atoms with E-state index in [1.165, 1.54) is 12.3 Å². The standard InChI is InChI=1S/C18H17N5O3/c1-8-12-13(21-10-6-11(19)20-7-9(10)15(12)24)17(26)23-14(8)16(25)22-18(23)4-2-3-5-18/h6-7H,2-5H2,1H3,(H2,19,20)(H,21,24)(H,22,25). The summed E-state index contributed by atoms with van der Waals surface area (Å²) in [6.45, 7) is 1.72. The molecule has 132 valence electrons. The second kappa shape index (κ2) is 4.72. The fourth-order valence-electron chi connectivity index (χ4n) is 4.53. The highest BCUT2D eigenvalue weighted by Crippen LogP contribution is 2.39. The minimum absolute atomic E-state index is 0.206. The number of aromatic amines is 1. The number of carbonyl (C=O) groups excluding carboxylic acids is 1. The van der Waals surface area contributed by atoms with Crippen LogP contribution in [0, 0.1) is 6.92 Å². The van der Waals surface area contributed by atoms with Gasteiger partial charge in [0, 0.05) is 12.3 Å². The predicted octanol–water partition coefficient (Wildman–Crippen LogP) is 1.10. The van der Waals surface area contributed by atoms with Gasteiger partial charge in [-0.3, -0.25) is 19.0 Å². The van der Waals surface area contributed by atoms with E-state index in [2.05, 4.69) is 15.3 Å². The first-order valence-electron chi connectivity index (χ1n) is 8.63. The van der Waals surface area contributed by atoms with E-state index < -0.39 is 5.66 Å². The van der Waals surface area contributed by atoms with Crippen LogP contribution < -0.4 is 22.0 Å². The maximum absolute atomic E-state index is 13.3. The molecule has 3 aromatic rings. The average Bonchev–Trinajstić information content (AvgIpc) is 3.17. The van der Waals surface area contributed by atoms with Gasteiger partial charge in [-0.15, -0.1) is 0 Å². The molecule has 2 aliphatic rings. The van der Waals surface area contributed by atoms with Gasteiger partial charge in [-0.25, -0.2) is 4.98 Å². The Bertz CT molecular complexity index is 1250. The maximum Gasteiger partial charge on any atom is 0.277 e. The first kappa shape index (κ1) is 15.1. The number of nitrogens with one attached hydrogen (secondary N) is 2. The molecule has 8 nitrogen and oxygen atoms in total. The third kappa shape index (κ3) is 1.68. The summed E-state index contributed by atoms with van der Waals surface area (Å²) in [4.78, 5) is 46.0. The third-order valence-corrected chi connectivity index (χ3v) is 5.70. The van der Waals surface area contributed by atoms with Gasteiger partial charge in [0.1, 0.15) is 22.7 Å². The average molecular weight is 351 g/mol. The number of anilines is 1. The van der Waals surface area contributed by atoms with Crippen molar-refractivity contribution in [1.82, 2.24) is 19.9 Å². The van der Waals surface area contributed by atoms with Crippen LogP contribution >= 0.6 is 0 Å². The first-order valence-corrected chi connectivity index (χ1v) is 8.63. The minimum Gasteiger partial charge on any atom is -0.384 e. The molecule has 1 aliphatic heterocycles. The molecule has 1 saturated carbocycles. The Morgan fingerprint density at radius 2 is 1.96 bits per heavy atom. The Kier molecular flexibility index (Phi) is 2.74. The maximum atomic E-state index is 13.3. The van der Waals surface area contributed by atoms with Crippen molar-refractivity contribution in [2.75, 3.05) is 5.73 Å². The van der Waals surface area contributed by atoms with Crippen LogP contribution in [0.4, 0.5) is 5.82 Å². The minimum atomic E-state index is -0.675. The van der Waals surface area contributed by atoms with Crippen molar-refractivity contribution in [3.05, 3.63) is 44.1 Å². The second-order valence-electron chi connectivity index (χ2n) is 7.17. The largest absolute Gasteiger partial charge is 0.384 e. The number of hydrogen-bond acceptors (Lipinski definition) is 5. The number of aromatic nitrogens is 3. The normalized spacial score (nSPS) is 18.0. The summed E-state index contributed by atoms with van der Waals surface area (Å²) in [5, 5.41) is 3.58. The van der Waals surface area contributed by atoms with Crippen molar-refractivity contribution in [2.45, 2.75) is 38.3 Å². The van der Waals surface area contributed by atoms with Crippen LogP contribution in [-0.4, -0.2) is 20.4 Å². The lowest BCUT2D eigenvalue weighted by Crippen LogP contribution is -2.45. The van der Waals surface area contributed by atoms with Crippen LogP contribution in [-0.2, 0) is 5.66 Å². The molecule has 0 bridgehead atoms. The number of amides is 1. The summed E-state index contributed by atoms with van der Waals surface area (Å²) in [5.41, 5.74) is 5.84. The number of carbonyl (C=O) groups is 1. The second-order valence-corrected chi connectivity index (χ2v) is 7.17. The van der Waals surface area contributed by atoms with Crippen molar-refractivity contribution in [1.29, 1.82) is 0 Å². The van der Waals surface area contributed by atoms with Gasteiger partial charge < -0.3 is 16.0 Å². The van der Waals surface area contributed by atoms with E-state index in [0.717, 1.165) is 12.8 Å². The van der Waals surface area contributed by atoms with Crippen LogP contribution in [0.1, 0.15) is 41.7 Å². The van der Waals surface area contributed by atoms with Crippen molar-refractivity contribution in [3.8, 4) is 0 Å². The van der Waals surface area contributed by atoms with Gasteiger partial charge in [-0.2, -0.15) is 0 Å². The zero-order valence-electron chi connectivity index (χ0n) is 14.2. The topological polar surface area (TPSA) is 123 Å². The predicted molar refractivity (Wildman–Crippen MR) is 97.2 cm³/mol. The SMILES string of the molecule is Cc1c2n(c(=O)c3[nH]c4cc(N)ncc4c(=O)c13)C1(CCCC1)NC2=O. The molecule has 5 rings (SSSR count).